The summed E-state index contributed by atoms with van der Waals surface area (Å²) in [6, 6.07) is 19.4. The van der Waals surface area contributed by atoms with E-state index in [9.17, 15) is 0 Å². The number of benzene rings is 1. The van der Waals surface area contributed by atoms with Crippen molar-refractivity contribution in [3.63, 3.8) is 0 Å². The normalized spacial score (nSPS) is 11.1. The van der Waals surface area contributed by atoms with E-state index < -0.39 is 0 Å². The Morgan fingerprint density at radius 3 is 2.48 bits per heavy atom. The Bertz CT molecular complexity index is 902. The minimum atomic E-state index is 0.435. The summed E-state index contributed by atoms with van der Waals surface area (Å²) in [4.78, 5) is 13.3. The highest BCUT2D eigenvalue weighted by atomic mass is 16.5. The van der Waals surface area contributed by atoms with Crippen LogP contribution in [0.1, 0.15) is 18.2 Å². The van der Waals surface area contributed by atoms with Crippen LogP contribution in [0.2, 0.25) is 0 Å². The highest BCUT2D eigenvalue weighted by molar-refractivity contribution is 5.79. The van der Waals surface area contributed by atoms with Crippen molar-refractivity contribution in [3.05, 3.63) is 84.3 Å². The van der Waals surface area contributed by atoms with E-state index in [0.717, 1.165) is 42.5 Å². The molecule has 3 aromatic rings. The fourth-order valence-electron chi connectivity index (χ4n) is 2.78. The van der Waals surface area contributed by atoms with Crippen LogP contribution in [0.15, 0.2) is 78.0 Å². The van der Waals surface area contributed by atoms with E-state index >= 15 is 0 Å². The number of hydrogen-bond donors (Lipinski definition) is 2. The van der Waals surface area contributed by atoms with Crippen LogP contribution >= 0.6 is 0 Å². The summed E-state index contributed by atoms with van der Waals surface area (Å²) in [6.45, 7) is 5.04. The van der Waals surface area contributed by atoms with Crippen molar-refractivity contribution in [2.75, 3.05) is 26.3 Å². The molecule has 2 aromatic heterocycles. The second-order valence-corrected chi connectivity index (χ2v) is 6.71. The zero-order valence-electron chi connectivity index (χ0n) is 17.8. The Morgan fingerprint density at radius 1 is 0.903 bits per heavy atom. The van der Waals surface area contributed by atoms with E-state index in [1.165, 1.54) is 0 Å². The lowest BCUT2D eigenvalue weighted by Gasteiger charge is -2.11. The van der Waals surface area contributed by atoms with Gasteiger partial charge in [-0.2, -0.15) is 0 Å². The number of aromatic nitrogens is 2. The second kappa shape index (κ2) is 12.8. The number of ether oxygens (including phenoxy) is 2. The Morgan fingerprint density at radius 2 is 1.74 bits per heavy atom. The van der Waals surface area contributed by atoms with Gasteiger partial charge >= 0.3 is 0 Å². The standard InChI is InChI=1S/C24H29N5O2/c1-2-25-24(27-15-13-21-8-6-7-14-26-21)29-19-20-11-12-23(28-18-20)31-17-16-30-22-9-4-3-5-10-22/h3-12,14,18H,2,13,15-17,19H2,1H3,(H2,25,27,29). The molecule has 0 atom stereocenters. The molecule has 0 bridgehead atoms. The maximum absolute atomic E-state index is 5.64. The summed E-state index contributed by atoms with van der Waals surface area (Å²) < 4.78 is 11.3. The lowest BCUT2D eigenvalue weighted by molar-refractivity contribution is 0.212. The van der Waals surface area contributed by atoms with Gasteiger partial charge in [0.25, 0.3) is 0 Å². The first kappa shape index (κ1) is 22.1. The number of guanidine groups is 1. The summed E-state index contributed by atoms with van der Waals surface area (Å²) in [5, 5.41) is 6.60. The third-order valence-electron chi connectivity index (χ3n) is 4.31. The third kappa shape index (κ3) is 8.34. The third-order valence-corrected chi connectivity index (χ3v) is 4.31. The van der Waals surface area contributed by atoms with Gasteiger partial charge in [-0.05, 0) is 36.8 Å². The number of nitrogens with zero attached hydrogens (tertiary/aromatic N) is 3. The van der Waals surface area contributed by atoms with Crippen LogP contribution < -0.4 is 20.1 Å². The van der Waals surface area contributed by atoms with Gasteiger partial charge < -0.3 is 20.1 Å². The first-order valence-corrected chi connectivity index (χ1v) is 10.5. The minimum absolute atomic E-state index is 0.435. The van der Waals surface area contributed by atoms with Crippen molar-refractivity contribution in [1.82, 2.24) is 20.6 Å². The summed E-state index contributed by atoms with van der Waals surface area (Å²) in [5.74, 6) is 2.18. The summed E-state index contributed by atoms with van der Waals surface area (Å²) in [5.41, 5.74) is 2.06. The Labute approximate surface area is 183 Å². The number of pyridine rings is 2. The molecule has 1 aromatic carbocycles. The second-order valence-electron chi connectivity index (χ2n) is 6.71. The van der Waals surface area contributed by atoms with Crippen LogP contribution in [-0.2, 0) is 13.0 Å². The summed E-state index contributed by atoms with van der Waals surface area (Å²) in [6.07, 6.45) is 4.44. The van der Waals surface area contributed by atoms with Crippen molar-refractivity contribution >= 4 is 5.96 Å². The van der Waals surface area contributed by atoms with E-state index in [1.807, 2.05) is 73.8 Å². The van der Waals surface area contributed by atoms with E-state index in [2.05, 4.69) is 25.6 Å². The van der Waals surface area contributed by atoms with Crippen LogP contribution in [0.4, 0.5) is 0 Å². The molecule has 7 nitrogen and oxygen atoms in total. The fourth-order valence-corrected chi connectivity index (χ4v) is 2.78. The van der Waals surface area contributed by atoms with Gasteiger partial charge in [-0.25, -0.2) is 9.98 Å². The van der Waals surface area contributed by atoms with E-state index in [4.69, 9.17) is 9.47 Å². The van der Waals surface area contributed by atoms with Gasteiger partial charge in [0.1, 0.15) is 19.0 Å². The molecule has 31 heavy (non-hydrogen) atoms. The molecule has 0 amide bonds. The van der Waals surface area contributed by atoms with Crippen molar-refractivity contribution in [1.29, 1.82) is 0 Å². The highest BCUT2D eigenvalue weighted by Gasteiger charge is 2.01. The largest absolute Gasteiger partial charge is 0.490 e. The van der Waals surface area contributed by atoms with Crippen LogP contribution in [0.25, 0.3) is 0 Å². The number of aliphatic imine (C=N–C) groups is 1. The molecule has 2 N–H and O–H groups in total. The molecule has 0 saturated heterocycles. The van der Waals surface area contributed by atoms with Crippen LogP contribution in [-0.4, -0.2) is 42.2 Å². The predicted molar refractivity (Wildman–Crippen MR) is 122 cm³/mol. The van der Waals surface area contributed by atoms with Gasteiger partial charge in [0.15, 0.2) is 5.96 Å². The van der Waals surface area contributed by atoms with Crippen LogP contribution in [0.3, 0.4) is 0 Å². The fraction of sp³-hybridized carbons (Fsp3) is 0.292. The molecule has 3 rings (SSSR count). The molecule has 0 unspecified atom stereocenters. The molecule has 0 aliphatic carbocycles. The molecule has 0 radical (unpaired) electrons. The zero-order valence-corrected chi connectivity index (χ0v) is 17.8. The molecule has 0 saturated carbocycles. The minimum Gasteiger partial charge on any atom is -0.490 e. The van der Waals surface area contributed by atoms with E-state index in [0.29, 0.717) is 25.6 Å². The summed E-state index contributed by atoms with van der Waals surface area (Å²) in [7, 11) is 0. The van der Waals surface area contributed by atoms with Gasteiger partial charge in [0, 0.05) is 43.7 Å². The van der Waals surface area contributed by atoms with Crippen LogP contribution in [0, 0.1) is 0 Å². The molecule has 2 heterocycles. The molecule has 0 aliphatic heterocycles. The number of para-hydroxylation sites is 1. The van der Waals surface area contributed by atoms with Gasteiger partial charge in [-0.15, -0.1) is 0 Å². The van der Waals surface area contributed by atoms with Crippen molar-refractivity contribution in [2.24, 2.45) is 4.99 Å². The van der Waals surface area contributed by atoms with Gasteiger partial charge in [0.05, 0.1) is 6.54 Å². The summed E-state index contributed by atoms with van der Waals surface area (Å²) >= 11 is 0. The van der Waals surface area contributed by atoms with E-state index in [1.54, 1.807) is 6.20 Å². The predicted octanol–water partition coefficient (Wildman–Crippen LogP) is 3.23. The lowest BCUT2D eigenvalue weighted by atomic mass is 10.3. The number of nitrogens with one attached hydrogen (secondary N) is 2. The molecule has 162 valence electrons. The quantitative estimate of drug-likeness (QED) is 0.282. The zero-order chi connectivity index (χ0) is 21.6. The van der Waals surface area contributed by atoms with Crippen molar-refractivity contribution in [3.8, 4) is 11.6 Å². The highest BCUT2D eigenvalue weighted by Crippen LogP contribution is 2.10. The molecule has 0 spiro atoms. The van der Waals surface area contributed by atoms with Gasteiger partial charge in [-0.3, -0.25) is 4.98 Å². The Balaban J connectivity index is 1.40. The first-order valence-electron chi connectivity index (χ1n) is 10.5. The van der Waals surface area contributed by atoms with Gasteiger partial charge in [0.2, 0.25) is 5.88 Å². The number of hydrogen-bond acceptors (Lipinski definition) is 5. The van der Waals surface area contributed by atoms with Crippen LogP contribution in [0.5, 0.6) is 11.6 Å². The van der Waals surface area contributed by atoms with E-state index in [-0.39, 0.29) is 0 Å². The molecule has 0 aliphatic rings. The maximum Gasteiger partial charge on any atom is 0.213 e. The topological polar surface area (TPSA) is 80.7 Å². The SMILES string of the molecule is CCNC(=NCc1ccc(OCCOc2ccccc2)nc1)NCCc1ccccn1. The monoisotopic (exact) mass is 419 g/mol. The molecule has 0 fully saturated rings. The number of rotatable bonds is 11. The molecule has 7 heteroatoms. The van der Waals surface area contributed by atoms with Gasteiger partial charge in [-0.1, -0.05) is 30.3 Å². The smallest absolute Gasteiger partial charge is 0.213 e. The molecular weight excluding hydrogens is 390 g/mol. The maximum atomic E-state index is 5.64. The molecular formula is C24H29N5O2. The first-order chi connectivity index (χ1) is 15.3. The average Bonchev–Trinajstić information content (AvgIpc) is 2.82. The van der Waals surface area contributed by atoms with Crippen molar-refractivity contribution < 1.29 is 9.47 Å². The Kier molecular flexibility index (Phi) is 9.15. The Hall–Kier alpha value is -3.61. The van der Waals surface area contributed by atoms with Crippen molar-refractivity contribution in [2.45, 2.75) is 19.9 Å². The average molecular weight is 420 g/mol. The lowest BCUT2D eigenvalue weighted by Crippen LogP contribution is -2.38.